The number of anilines is 2. The third-order valence-corrected chi connectivity index (χ3v) is 3.50. The zero-order chi connectivity index (χ0) is 13.3. The second-order valence-corrected chi connectivity index (χ2v) is 4.51. The predicted octanol–water partition coefficient (Wildman–Crippen LogP) is 1.14. The normalized spacial score (nSPS) is 18.0. The topological polar surface area (TPSA) is 87.6 Å². The van der Waals surface area contributed by atoms with E-state index in [4.69, 9.17) is 20.9 Å². The van der Waals surface area contributed by atoms with Gasteiger partial charge in [-0.15, -0.1) is 0 Å². The number of esters is 1. The SMILES string of the molecule is COC(=O)C1CCc2cc(N)c(N)c(OC)c2C1. The molecule has 0 saturated carbocycles. The van der Waals surface area contributed by atoms with Crippen molar-refractivity contribution in [3.63, 3.8) is 0 Å². The molecule has 4 N–H and O–H groups in total. The number of rotatable bonds is 2. The highest BCUT2D eigenvalue weighted by molar-refractivity contribution is 5.78. The van der Waals surface area contributed by atoms with Gasteiger partial charge in [0.15, 0.2) is 0 Å². The fraction of sp³-hybridized carbons (Fsp3) is 0.462. The maximum Gasteiger partial charge on any atom is 0.309 e. The highest BCUT2D eigenvalue weighted by Gasteiger charge is 2.29. The van der Waals surface area contributed by atoms with Gasteiger partial charge in [-0.05, 0) is 30.9 Å². The number of benzene rings is 1. The van der Waals surface area contributed by atoms with Gasteiger partial charge in [-0.1, -0.05) is 0 Å². The van der Waals surface area contributed by atoms with Gasteiger partial charge in [0.2, 0.25) is 0 Å². The molecule has 18 heavy (non-hydrogen) atoms. The first-order valence-corrected chi connectivity index (χ1v) is 5.90. The van der Waals surface area contributed by atoms with Gasteiger partial charge in [-0.2, -0.15) is 0 Å². The second kappa shape index (κ2) is 4.76. The van der Waals surface area contributed by atoms with Crippen molar-refractivity contribution in [3.8, 4) is 5.75 Å². The summed E-state index contributed by atoms with van der Waals surface area (Å²) in [5.74, 6) is 0.288. The predicted molar refractivity (Wildman–Crippen MR) is 69.3 cm³/mol. The molecule has 0 amide bonds. The number of fused-ring (bicyclic) bond motifs is 1. The first kappa shape index (κ1) is 12.5. The summed E-state index contributed by atoms with van der Waals surface area (Å²) in [5, 5.41) is 0. The van der Waals surface area contributed by atoms with Crippen LogP contribution in [0.15, 0.2) is 6.07 Å². The molecule has 1 atom stereocenters. The van der Waals surface area contributed by atoms with Crippen LogP contribution in [0, 0.1) is 5.92 Å². The van der Waals surface area contributed by atoms with E-state index in [1.165, 1.54) is 7.11 Å². The summed E-state index contributed by atoms with van der Waals surface area (Å²) >= 11 is 0. The summed E-state index contributed by atoms with van der Waals surface area (Å²) in [6, 6.07) is 1.88. The molecule has 0 aromatic heterocycles. The minimum Gasteiger partial charge on any atom is -0.494 e. The summed E-state index contributed by atoms with van der Waals surface area (Å²) in [7, 11) is 2.97. The minimum absolute atomic E-state index is 0.126. The van der Waals surface area contributed by atoms with Crippen LogP contribution in [0.4, 0.5) is 11.4 Å². The molecule has 5 heteroatoms. The first-order chi connectivity index (χ1) is 8.58. The van der Waals surface area contributed by atoms with Crippen LogP contribution in [0.5, 0.6) is 5.75 Å². The van der Waals surface area contributed by atoms with E-state index >= 15 is 0 Å². The number of nitrogens with two attached hydrogens (primary N) is 2. The molecule has 5 nitrogen and oxygen atoms in total. The van der Waals surface area contributed by atoms with Gasteiger partial charge in [-0.3, -0.25) is 4.79 Å². The van der Waals surface area contributed by atoms with E-state index in [0.29, 0.717) is 23.5 Å². The van der Waals surface area contributed by atoms with Gasteiger partial charge in [0.1, 0.15) is 5.75 Å². The molecule has 0 saturated heterocycles. The molecule has 0 radical (unpaired) electrons. The largest absolute Gasteiger partial charge is 0.494 e. The first-order valence-electron chi connectivity index (χ1n) is 5.90. The Morgan fingerprint density at radius 2 is 2.11 bits per heavy atom. The number of carbonyl (C=O) groups is 1. The van der Waals surface area contributed by atoms with Crippen molar-refractivity contribution in [2.24, 2.45) is 5.92 Å². The lowest BCUT2D eigenvalue weighted by Crippen LogP contribution is -2.24. The molecule has 98 valence electrons. The number of methoxy groups -OCH3 is 2. The molecule has 0 fully saturated rings. The number of aryl methyl sites for hydroxylation is 1. The van der Waals surface area contributed by atoms with Crippen LogP contribution >= 0.6 is 0 Å². The Kier molecular flexibility index (Phi) is 3.32. The average Bonchev–Trinajstić information content (AvgIpc) is 2.39. The maximum absolute atomic E-state index is 11.6. The van der Waals surface area contributed by atoms with Crippen molar-refractivity contribution in [1.82, 2.24) is 0 Å². The van der Waals surface area contributed by atoms with Crippen LogP contribution in [0.3, 0.4) is 0 Å². The third-order valence-electron chi connectivity index (χ3n) is 3.50. The molecule has 1 unspecified atom stereocenters. The maximum atomic E-state index is 11.6. The number of nitrogen functional groups attached to an aromatic ring is 2. The summed E-state index contributed by atoms with van der Waals surface area (Å²) in [6.07, 6.45) is 2.15. The van der Waals surface area contributed by atoms with Gasteiger partial charge < -0.3 is 20.9 Å². The lowest BCUT2D eigenvalue weighted by Gasteiger charge is -2.25. The molecule has 1 aromatic carbocycles. The smallest absolute Gasteiger partial charge is 0.309 e. The molecule has 1 aliphatic rings. The highest BCUT2D eigenvalue weighted by Crippen LogP contribution is 2.39. The summed E-state index contributed by atoms with van der Waals surface area (Å²) in [4.78, 5) is 11.6. The Bertz CT molecular complexity index is 486. The highest BCUT2D eigenvalue weighted by atomic mass is 16.5. The van der Waals surface area contributed by atoms with Crippen LogP contribution in [0.2, 0.25) is 0 Å². The lowest BCUT2D eigenvalue weighted by atomic mass is 9.82. The van der Waals surface area contributed by atoms with Gasteiger partial charge in [0.25, 0.3) is 0 Å². The van der Waals surface area contributed by atoms with E-state index in [-0.39, 0.29) is 11.9 Å². The molecular formula is C13H18N2O3. The minimum atomic E-state index is -0.182. The van der Waals surface area contributed by atoms with E-state index in [1.54, 1.807) is 7.11 Å². The Labute approximate surface area is 106 Å². The molecule has 0 heterocycles. The third kappa shape index (κ3) is 1.96. The number of carbonyl (C=O) groups excluding carboxylic acids is 1. The van der Waals surface area contributed by atoms with Crippen LogP contribution < -0.4 is 16.2 Å². The standard InChI is InChI=1S/C13H18N2O3/c1-17-12-9-5-8(13(16)18-2)4-3-7(9)6-10(14)11(12)15/h6,8H,3-5,14-15H2,1-2H3. The zero-order valence-electron chi connectivity index (χ0n) is 10.7. The van der Waals surface area contributed by atoms with Gasteiger partial charge in [0, 0.05) is 5.56 Å². The van der Waals surface area contributed by atoms with Crippen molar-refractivity contribution >= 4 is 17.3 Å². The Morgan fingerprint density at radius 3 is 2.72 bits per heavy atom. The van der Waals surface area contributed by atoms with Crippen molar-refractivity contribution < 1.29 is 14.3 Å². The molecule has 1 aliphatic carbocycles. The van der Waals surface area contributed by atoms with E-state index in [2.05, 4.69) is 0 Å². The number of ether oxygens (including phenoxy) is 2. The monoisotopic (exact) mass is 250 g/mol. The van der Waals surface area contributed by atoms with Crippen LogP contribution in [-0.4, -0.2) is 20.2 Å². The molecule has 0 aliphatic heterocycles. The summed E-state index contributed by atoms with van der Waals surface area (Å²) < 4.78 is 10.1. The van der Waals surface area contributed by atoms with E-state index < -0.39 is 0 Å². The molecular weight excluding hydrogens is 232 g/mol. The zero-order valence-corrected chi connectivity index (χ0v) is 10.7. The van der Waals surface area contributed by atoms with Crippen molar-refractivity contribution in [3.05, 3.63) is 17.2 Å². The van der Waals surface area contributed by atoms with E-state index in [1.807, 2.05) is 6.07 Å². The quantitative estimate of drug-likeness (QED) is 0.607. The second-order valence-electron chi connectivity index (χ2n) is 4.51. The Morgan fingerprint density at radius 1 is 1.39 bits per heavy atom. The van der Waals surface area contributed by atoms with Gasteiger partial charge in [-0.25, -0.2) is 0 Å². The molecule has 0 spiro atoms. The van der Waals surface area contributed by atoms with Crippen molar-refractivity contribution in [2.45, 2.75) is 19.3 Å². The summed E-state index contributed by atoms with van der Waals surface area (Å²) in [5.41, 5.74) is 14.8. The average molecular weight is 250 g/mol. The van der Waals surface area contributed by atoms with Crippen molar-refractivity contribution in [2.75, 3.05) is 25.7 Å². The fourth-order valence-electron chi connectivity index (χ4n) is 2.52. The summed E-state index contributed by atoms with van der Waals surface area (Å²) in [6.45, 7) is 0. The Balaban J connectivity index is 2.42. The molecule has 0 bridgehead atoms. The van der Waals surface area contributed by atoms with E-state index in [0.717, 1.165) is 24.0 Å². The molecule has 1 aromatic rings. The van der Waals surface area contributed by atoms with E-state index in [9.17, 15) is 4.79 Å². The lowest BCUT2D eigenvalue weighted by molar-refractivity contribution is -0.145. The van der Waals surface area contributed by atoms with Crippen LogP contribution in [0.1, 0.15) is 17.5 Å². The van der Waals surface area contributed by atoms with Gasteiger partial charge in [0.05, 0.1) is 31.5 Å². The van der Waals surface area contributed by atoms with Crippen LogP contribution in [-0.2, 0) is 22.4 Å². The fourth-order valence-corrected chi connectivity index (χ4v) is 2.52. The molecule has 2 rings (SSSR count). The Hall–Kier alpha value is -1.91. The number of hydrogen-bond donors (Lipinski definition) is 2. The van der Waals surface area contributed by atoms with Gasteiger partial charge >= 0.3 is 5.97 Å². The number of hydrogen-bond acceptors (Lipinski definition) is 5. The van der Waals surface area contributed by atoms with Crippen molar-refractivity contribution in [1.29, 1.82) is 0 Å². The van der Waals surface area contributed by atoms with Crippen LogP contribution in [0.25, 0.3) is 0 Å².